The molecular formula is C22H25N5O2. The molecule has 0 atom stereocenters. The molecule has 2 heterocycles. The fourth-order valence-corrected chi connectivity index (χ4v) is 3.83. The van der Waals surface area contributed by atoms with Crippen LogP contribution in [0.2, 0.25) is 0 Å². The molecular weight excluding hydrogens is 366 g/mol. The Labute approximate surface area is 169 Å². The van der Waals surface area contributed by atoms with E-state index in [4.69, 9.17) is 0 Å². The van der Waals surface area contributed by atoms with E-state index in [2.05, 4.69) is 10.4 Å². The van der Waals surface area contributed by atoms with Crippen LogP contribution >= 0.6 is 0 Å². The summed E-state index contributed by atoms with van der Waals surface area (Å²) in [6, 6.07) is 17.3. The highest BCUT2D eigenvalue weighted by atomic mass is 16.2. The maximum Gasteiger partial charge on any atom is 0.350 e. The van der Waals surface area contributed by atoms with Crippen molar-refractivity contribution in [1.82, 2.24) is 19.2 Å². The van der Waals surface area contributed by atoms with Gasteiger partial charge in [0, 0.05) is 31.7 Å². The minimum Gasteiger partial charge on any atom is -0.324 e. The van der Waals surface area contributed by atoms with Gasteiger partial charge >= 0.3 is 11.7 Å². The monoisotopic (exact) mass is 391 g/mol. The number of piperidine rings is 1. The van der Waals surface area contributed by atoms with E-state index in [1.165, 1.54) is 4.68 Å². The third kappa shape index (κ3) is 3.94. The Morgan fingerprint density at radius 1 is 1.07 bits per heavy atom. The molecule has 0 spiro atoms. The average Bonchev–Trinajstić information content (AvgIpc) is 3.03. The first-order chi connectivity index (χ1) is 14.0. The van der Waals surface area contributed by atoms with Crippen molar-refractivity contribution in [3.8, 4) is 5.69 Å². The molecule has 150 valence electrons. The lowest BCUT2D eigenvalue weighted by Crippen LogP contribution is -2.41. The molecule has 29 heavy (non-hydrogen) atoms. The number of aromatic nitrogens is 3. The van der Waals surface area contributed by atoms with Gasteiger partial charge in [-0.1, -0.05) is 30.3 Å². The molecule has 3 aromatic rings. The van der Waals surface area contributed by atoms with Crippen LogP contribution in [-0.2, 0) is 7.05 Å². The van der Waals surface area contributed by atoms with Crippen LogP contribution in [0.1, 0.15) is 30.1 Å². The summed E-state index contributed by atoms with van der Waals surface area (Å²) in [5, 5.41) is 7.48. The molecule has 7 nitrogen and oxygen atoms in total. The smallest absolute Gasteiger partial charge is 0.324 e. The van der Waals surface area contributed by atoms with Crippen LogP contribution in [0.5, 0.6) is 0 Å². The molecule has 1 aromatic heterocycles. The van der Waals surface area contributed by atoms with Gasteiger partial charge in [0.2, 0.25) is 0 Å². The molecule has 1 saturated heterocycles. The van der Waals surface area contributed by atoms with Crippen LogP contribution in [0, 0.1) is 6.92 Å². The lowest BCUT2D eigenvalue weighted by Gasteiger charge is -2.31. The number of hydrogen-bond donors (Lipinski definition) is 1. The van der Waals surface area contributed by atoms with Crippen molar-refractivity contribution in [2.45, 2.75) is 25.7 Å². The summed E-state index contributed by atoms with van der Waals surface area (Å²) in [7, 11) is 1.68. The molecule has 1 aliphatic heterocycles. The van der Waals surface area contributed by atoms with Crippen LogP contribution in [-0.4, -0.2) is 38.4 Å². The van der Waals surface area contributed by atoms with Gasteiger partial charge in [0.1, 0.15) is 5.82 Å². The average molecular weight is 391 g/mol. The Morgan fingerprint density at radius 3 is 2.48 bits per heavy atom. The fourth-order valence-electron chi connectivity index (χ4n) is 3.83. The zero-order valence-corrected chi connectivity index (χ0v) is 16.7. The Balaban J connectivity index is 1.47. The normalized spacial score (nSPS) is 14.8. The lowest BCUT2D eigenvalue weighted by molar-refractivity contribution is 0.193. The second-order valence-electron chi connectivity index (χ2n) is 7.50. The molecule has 1 aliphatic rings. The maximum absolute atomic E-state index is 12.6. The van der Waals surface area contributed by atoms with E-state index in [0.717, 1.165) is 35.6 Å². The van der Waals surface area contributed by atoms with E-state index in [0.29, 0.717) is 13.1 Å². The number of urea groups is 1. The number of benzene rings is 2. The molecule has 0 bridgehead atoms. The van der Waals surface area contributed by atoms with Crippen molar-refractivity contribution in [3.63, 3.8) is 0 Å². The van der Waals surface area contributed by atoms with E-state index in [1.54, 1.807) is 11.6 Å². The Kier molecular flexibility index (Phi) is 5.20. The van der Waals surface area contributed by atoms with Gasteiger partial charge in [-0.05, 0) is 49.6 Å². The molecule has 0 aliphatic carbocycles. The summed E-state index contributed by atoms with van der Waals surface area (Å²) < 4.78 is 3.08. The first-order valence-electron chi connectivity index (χ1n) is 9.87. The number of rotatable bonds is 3. The van der Waals surface area contributed by atoms with Crippen LogP contribution in [0.4, 0.5) is 10.5 Å². The predicted octanol–water partition coefficient (Wildman–Crippen LogP) is 3.29. The number of amides is 2. The van der Waals surface area contributed by atoms with E-state index in [9.17, 15) is 9.59 Å². The minimum absolute atomic E-state index is 0.0875. The number of carbonyl (C=O) groups excluding carboxylic acids is 1. The van der Waals surface area contributed by atoms with Crippen LogP contribution < -0.4 is 11.0 Å². The highest BCUT2D eigenvalue weighted by molar-refractivity contribution is 5.89. The maximum atomic E-state index is 12.6. The topological polar surface area (TPSA) is 72.2 Å². The number of anilines is 1. The second-order valence-corrected chi connectivity index (χ2v) is 7.50. The highest BCUT2D eigenvalue weighted by Crippen LogP contribution is 2.28. The van der Waals surface area contributed by atoms with E-state index in [-0.39, 0.29) is 17.6 Å². The van der Waals surface area contributed by atoms with Gasteiger partial charge in [0.25, 0.3) is 0 Å². The van der Waals surface area contributed by atoms with Crippen molar-refractivity contribution < 1.29 is 4.79 Å². The molecule has 0 radical (unpaired) electrons. The molecule has 0 unspecified atom stereocenters. The molecule has 1 fully saturated rings. The lowest BCUT2D eigenvalue weighted by atomic mass is 9.96. The largest absolute Gasteiger partial charge is 0.350 e. The number of nitrogens with zero attached hydrogens (tertiary/aromatic N) is 4. The minimum atomic E-state index is -0.147. The van der Waals surface area contributed by atoms with Gasteiger partial charge in [-0.15, -0.1) is 0 Å². The third-order valence-electron chi connectivity index (χ3n) is 5.38. The van der Waals surface area contributed by atoms with Gasteiger partial charge in [-0.25, -0.2) is 18.8 Å². The van der Waals surface area contributed by atoms with Gasteiger partial charge in [-0.3, -0.25) is 0 Å². The Bertz CT molecular complexity index is 1060. The summed E-state index contributed by atoms with van der Waals surface area (Å²) in [6.07, 6.45) is 1.54. The van der Waals surface area contributed by atoms with Crippen LogP contribution in [0.15, 0.2) is 59.4 Å². The molecule has 0 saturated carbocycles. The van der Waals surface area contributed by atoms with Gasteiger partial charge < -0.3 is 10.2 Å². The molecule has 1 N–H and O–H groups in total. The van der Waals surface area contributed by atoms with Crippen molar-refractivity contribution in [1.29, 1.82) is 0 Å². The van der Waals surface area contributed by atoms with Crippen molar-refractivity contribution in [2.24, 2.45) is 7.05 Å². The molecule has 2 amide bonds. The Morgan fingerprint density at radius 2 is 1.79 bits per heavy atom. The summed E-state index contributed by atoms with van der Waals surface area (Å²) in [5.41, 5.74) is 2.58. The van der Waals surface area contributed by atoms with Crippen LogP contribution in [0.25, 0.3) is 5.69 Å². The van der Waals surface area contributed by atoms with Gasteiger partial charge in [0.05, 0.1) is 5.69 Å². The molecule has 7 heteroatoms. The van der Waals surface area contributed by atoms with Gasteiger partial charge in [0.15, 0.2) is 0 Å². The Hall–Kier alpha value is -3.35. The standard InChI is InChI=1S/C22H25N5O2/c1-16-7-6-8-18(15-16)23-21(28)26-13-11-17(12-14-26)20-24-25(2)22(29)27(20)19-9-4-3-5-10-19/h3-10,15,17H,11-14H2,1-2H3,(H,23,28). The van der Waals surface area contributed by atoms with Crippen molar-refractivity contribution >= 4 is 11.7 Å². The number of likely N-dealkylation sites (tertiary alicyclic amines) is 1. The first kappa shape index (κ1) is 19.0. The number of para-hydroxylation sites is 1. The number of aryl methyl sites for hydroxylation is 2. The quantitative estimate of drug-likeness (QED) is 0.745. The van der Waals surface area contributed by atoms with E-state index < -0.39 is 0 Å². The predicted molar refractivity (Wildman–Crippen MR) is 113 cm³/mol. The summed E-state index contributed by atoms with van der Waals surface area (Å²) in [6.45, 7) is 3.25. The zero-order chi connectivity index (χ0) is 20.4. The zero-order valence-electron chi connectivity index (χ0n) is 16.7. The van der Waals surface area contributed by atoms with Crippen molar-refractivity contribution in [3.05, 3.63) is 76.5 Å². The SMILES string of the molecule is Cc1cccc(NC(=O)N2CCC(c3nn(C)c(=O)n3-c3ccccc3)CC2)c1. The highest BCUT2D eigenvalue weighted by Gasteiger charge is 2.28. The third-order valence-corrected chi connectivity index (χ3v) is 5.38. The number of carbonyl (C=O) groups is 1. The molecule has 2 aromatic carbocycles. The summed E-state index contributed by atoms with van der Waals surface area (Å²) >= 11 is 0. The number of nitrogens with one attached hydrogen (secondary N) is 1. The first-order valence-corrected chi connectivity index (χ1v) is 9.87. The van der Waals surface area contributed by atoms with Gasteiger partial charge in [-0.2, -0.15) is 5.10 Å². The van der Waals surface area contributed by atoms with Crippen molar-refractivity contribution in [2.75, 3.05) is 18.4 Å². The summed E-state index contributed by atoms with van der Waals surface area (Å²) in [4.78, 5) is 27.1. The second kappa shape index (κ2) is 7.95. The summed E-state index contributed by atoms with van der Waals surface area (Å²) in [5.74, 6) is 0.898. The van der Waals surface area contributed by atoms with Crippen LogP contribution in [0.3, 0.4) is 0 Å². The molecule has 4 rings (SSSR count). The fraction of sp³-hybridized carbons (Fsp3) is 0.318. The van der Waals surface area contributed by atoms with E-state index in [1.807, 2.05) is 66.4 Å². The van der Waals surface area contributed by atoms with E-state index >= 15 is 0 Å². The number of hydrogen-bond acceptors (Lipinski definition) is 3.